The number of rotatable bonds is 4. The number of carbonyl (C=O) groups excluding carboxylic acids is 1. The Morgan fingerprint density at radius 1 is 1.33 bits per heavy atom. The quantitative estimate of drug-likeness (QED) is 0.870. The molecule has 116 valence electrons. The van der Waals surface area contributed by atoms with Gasteiger partial charge in [-0.15, -0.1) is 0 Å². The highest BCUT2D eigenvalue weighted by Crippen LogP contribution is 2.14. The number of morpholine rings is 1. The molecule has 1 amide bonds. The number of sulfonamides is 1. The molecule has 1 unspecified atom stereocenters. The topological polar surface area (TPSA) is 75.7 Å². The molecule has 0 aromatic heterocycles. The van der Waals surface area contributed by atoms with E-state index in [1.165, 1.54) is 24.0 Å². The summed E-state index contributed by atoms with van der Waals surface area (Å²) in [5, 5.41) is 0. The van der Waals surface area contributed by atoms with Crippen molar-refractivity contribution < 1.29 is 22.3 Å². The molecule has 6 nitrogen and oxygen atoms in total. The second-order valence-electron chi connectivity index (χ2n) is 4.71. The Labute approximate surface area is 122 Å². The fourth-order valence-corrected chi connectivity index (χ4v) is 3.34. The number of amides is 1. The number of halogens is 1. The van der Waals surface area contributed by atoms with E-state index in [-0.39, 0.29) is 5.91 Å². The second-order valence-corrected chi connectivity index (χ2v) is 6.39. The van der Waals surface area contributed by atoms with Gasteiger partial charge in [0, 0.05) is 13.1 Å². The number of nitrogens with zero attached hydrogens (tertiary/aromatic N) is 1. The van der Waals surface area contributed by atoms with Crippen LogP contribution in [0.3, 0.4) is 0 Å². The molecule has 8 heteroatoms. The maximum atomic E-state index is 13.6. The van der Waals surface area contributed by atoms with Crippen LogP contribution >= 0.6 is 0 Å². The Bertz CT molecular complexity index is 614. The maximum Gasteiger partial charge on any atom is 0.244 e. The molecular weight excluding hydrogens is 299 g/mol. The molecule has 1 aromatic rings. The first-order valence-electron chi connectivity index (χ1n) is 6.55. The predicted molar refractivity (Wildman–Crippen MR) is 73.6 cm³/mol. The van der Waals surface area contributed by atoms with Gasteiger partial charge in [0.25, 0.3) is 0 Å². The van der Waals surface area contributed by atoms with Crippen LogP contribution in [0.15, 0.2) is 29.2 Å². The summed E-state index contributed by atoms with van der Waals surface area (Å²) in [5.41, 5.74) is 0. The molecule has 0 bridgehead atoms. The lowest BCUT2D eigenvalue weighted by atomic mass is 10.3. The molecule has 1 aromatic carbocycles. The summed E-state index contributed by atoms with van der Waals surface area (Å²) >= 11 is 0. The standard InChI is InChI=1S/C13H17FN2O4S/c1-10(13(17)16-6-8-20-9-7-16)15-21(18,19)12-5-3-2-4-11(12)14/h2-5,10,15H,6-9H2,1H3. The fraction of sp³-hybridized carbons (Fsp3) is 0.462. The minimum absolute atomic E-state index is 0.349. The Kier molecular flexibility index (Phi) is 4.92. The average Bonchev–Trinajstić information content (AvgIpc) is 2.47. The van der Waals surface area contributed by atoms with Gasteiger partial charge in [-0.3, -0.25) is 4.79 Å². The molecule has 0 aliphatic carbocycles. The number of benzene rings is 1. The highest BCUT2D eigenvalue weighted by Gasteiger charge is 2.28. The smallest absolute Gasteiger partial charge is 0.244 e. The number of hydrogen-bond acceptors (Lipinski definition) is 4. The molecule has 0 radical (unpaired) electrons. The van der Waals surface area contributed by atoms with Crippen molar-refractivity contribution in [2.24, 2.45) is 0 Å². The Morgan fingerprint density at radius 3 is 2.57 bits per heavy atom. The van der Waals surface area contributed by atoms with Crippen molar-refractivity contribution in [1.29, 1.82) is 0 Å². The first-order chi connectivity index (χ1) is 9.92. The SMILES string of the molecule is CC(NS(=O)(=O)c1ccccc1F)C(=O)N1CCOCC1. The largest absolute Gasteiger partial charge is 0.378 e. The van der Waals surface area contributed by atoms with E-state index in [4.69, 9.17) is 4.74 Å². The van der Waals surface area contributed by atoms with Crippen molar-refractivity contribution in [2.75, 3.05) is 26.3 Å². The Morgan fingerprint density at radius 2 is 1.95 bits per heavy atom. The molecule has 1 saturated heterocycles. The monoisotopic (exact) mass is 316 g/mol. The molecule has 2 rings (SSSR count). The molecule has 0 saturated carbocycles. The van der Waals surface area contributed by atoms with E-state index in [9.17, 15) is 17.6 Å². The molecule has 1 fully saturated rings. The van der Waals surface area contributed by atoms with Crippen molar-refractivity contribution in [3.8, 4) is 0 Å². The lowest BCUT2D eigenvalue weighted by Crippen LogP contribution is -2.50. The number of ether oxygens (including phenoxy) is 1. The van der Waals surface area contributed by atoms with Gasteiger partial charge < -0.3 is 9.64 Å². The zero-order chi connectivity index (χ0) is 15.5. The fourth-order valence-electron chi connectivity index (χ4n) is 2.07. The molecule has 21 heavy (non-hydrogen) atoms. The van der Waals surface area contributed by atoms with E-state index in [2.05, 4.69) is 4.72 Å². The van der Waals surface area contributed by atoms with Crippen LogP contribution in [0.4, 0.5) is 4.39 Å². The number of nitrogens with one attached hydrogen (secondary N) is 1. The highest BCUT2D eigenvalue weighted by atomic mass is 32.2. The van der Waals surface area contributed by atoms with Crippen molar-refractivity contribution in [1.82, 2.24) is 9.62 Å². The van der Waals surface area contributed by atoms with Gasteiger partial charge in [-0.1, -0.05) is 12.1 Å². The van der Waals surface area contributed by atoms with E-state index in [0.717, 1.165) is 12.1 Å². The summed E-state index contributed by atoms with van der Waals surface area (Å²) in [6.45, 7) is 3.14. The van der Waals surface area contributed by atoms with Crippen molar-refractivity contribution in [3.05, 3.63) is 30.1 Å². The first kappa shape index (κ1) is 15.9. The summed E-state index contributed by atoms with van der Waals surface area (Å²) in [4.78, 5) is 13.2. The summed E-state index contributed by atoms with van der Waals surface area (Å²) in [7, 11) is -4.08. The molecular formula is C13H17FN2O4S. The van der Waals surface area contributed by atoms with Crippen LogP contribution in [0.5, 0.6) is 0 Å². The zero-order valence-electron chi connectivity index (χ0n) is 11.6. The summed E-state index contributed by atoms with van der Waals surface area (Å²) in [6, 6.07) is 4.07. The summed E-state index contributed by atoms with van der Waals surface area (Å²) < 4.78 is 45.1. The van der Waals surface area contributed by atoms with Gasteiger partial charge in [0.05, 0.1) is 19.3 Å². The van der Waals surface area contributed by atoms with Gasteiger partial charge in [0.15, 0.2) is 0 Å². The van der Waals surface area contributed by atoms with Gasteiger partial charge in [0.2, 0.25) is 15.9 Å². The van der Waals surface area contributed by atoms with E-state index < -0.39 is 26.8 Å². The minimum Gasteiger partial charge on any atom is -0.378 e. The molecule has 0 spiro atoms. The molecule has 1 heterocycles. The van der Waals surface area contributed by atoms with Crippen LogP contribution < -0.4 is 4.72 Å². The third kappa shape index (κ3) is 3.78. The predicted octanol–water partition coefficient (Wildman–Crippen LogP) is 0.351. The van der Waals surface area contributed by atoms with Gasteiger partial charge in [0.1, 0.15) is 10.7 Å². The average molecular weight is 316 g/mol. The normalized spacial score (nSPS) is 17.5. The van der Waals surface area contributed by atoms with Gasteiger partial charge in [-0.2, -0.15) is 4.72 Å². The lowest BCUT2D eigenvalue weighted by molar-refractivity contribution is -0.136. The van der Waals surface area contributed by atoms with Gasteiger partial charge in [-0.05, 0) is 19.1 Å². The van der Waals surface area contributed by atoms with E-state index in [1.54, 1.807) is 0 Å². The third-order valence-electron chi connectivity index (χ3n) is 3.15. The number of hydrogen-bond donors (Lipinski definition) is 1. The van der Waals surface area contributed by atoms with Crippen LogP contribution in [-0.4, -0.2) is 51.6 Å². The van der Waals surface area contributed by atoms with Crippen LogP contribution in [0.1, 0.15) is 6.92 Å². The highest BCUT2D eigenvalue weighted by molar-refractivity contribution is 7.89. The molecule has 1 aliphatic rings. The molecule has 1 N–H and O–H groups in total. The summed E-state index contributed by atoms with van der Waals surface area (Å²) in [5.74, 6) is -1.20. The second kappa shape index (κ2) is 6.50. The number of carbonyl (C=O) groups is 1. The minimum atomic E-state index is -4.08. The maximum absolute atomic E-state index is 13.6. The van der Waals surface area contributed by atoms with Crippen LogP contribution in [0.2, 0.25) is 0 Å². The summed E-state index contributed by atoms with van der Waals surface area (Å²) in [6.07, 6.45) is 0. The Hall–Kier alpha value is -1.51. The van der Waals surface area contributed by atoms with Crippen LogP contribution in [-0.2, 0) is 19.6 Å². The van der Waals surface area contributed by atoms with E-state index in [1.807, 2.05) is 0 Å². The molecule has 1 aliphatic heterocycles. The van der Waals surface area contributed by atoms with Gasteiger partial charge in [-0.25, -0.2) is 12.8 Å². The van der Waals surface area contributed by atoms with E-state index >= 15 is 0 Å². The van der Waals surface area contributed by atoms with Crippen LogP contribution in [0, 0.1) is 5.82 Å². The van der Waals surface area contributed by atoms with Crippen molar-refractivity contribution in [2.45, 2.75) is 17.9 Å². The van der Waals surface area contributed by atoms with Gasteiger partial charge >= 0.3 is 0 Å². The first-order valence-corrected chi connectivity index (χ1v) is 8.03. The molecule has 1 atom stereocenters. The lowest BCUT2D eigenvalue weighted by Gasteiger charge is -2.29. The Balaban J connectivity index is 2.09. The van der Waals surface area contributed by atoms with Crippen molar-refractivity contribution in [3.63, 3.8) is 0 Å². The van der Waals surface area contributed by atoms with E-state index in [0.29, 0.717) is 26.3 Å². The zero-order valence-corrected chi connectivity index (χ0v) is 12.4. The third-order valence-corrected chi connectivity index (χ3v) is 4.73. The van der Waals surface area contributed by atoms with Crippen molar-refractivity contribution >= 4 is 15.9 Å². The van der Waals surface area contributed by atoms with Crippen LogP contribution in [0.25, 0.3) is 0 Å².